The first kappa shape index (κ1) is 52.8. The zero-order valence-corrected chi connectivity index (χ0v) is 23.3. The predicted octanol–water partition coefficient (Wildman–Crippen LogP) is 10.1. The number of halogens is 32. The summed E-state index contributed by atoms with van der Waals surface area (Å²) in [4.78, 5) is 0. The minimum Gasteiger partial charge on any atom is -0.396 e. The molecule has 53 heavy (non-hydrogen) atoms. The second-order valence-electron chi connectivity index (χ2n) is 9.67. The molecule has 0 aliphatic rings. The second kappa shape index (κ2) is 14.0. The standard InChI is InChI=1S/C10H5F17O.C9H5F15O/c11-3(12,1-2-28)4(13,14)5(15,16)6(17,18)7(19,20)8(21,22)9(23,24)10(25,26)27;10-3(11,1-2-25)4(12,13)5(14,15)6(16,17)7(18,19)8(20,21)9(22,23)24/h28H,1-2H2;25H,1-2H2. The van der Waals surface area contributed by atoms with Gasteiger partial charge in [-0.25, -0.2) is 0 Å². The maximum absolute atomic E-state index is 13.1. The number of aliphatic hydroxyl groups excluding tert-OH is 2. The van der Waals surface area contributed by atoms with Crippen LogP contribution in [0.1, 0.15) is 12.8 Å². The van der Waals surface area contributed by atoms with Crippen LogP contribution in [-0.2, 0) is 0 Å². The van der Waals surface area contributed by atoms with Gasteiger partial charge in [-0.05, 0) is 0 Å². The fraction of sp³-hybridized carbons (Fsp3) is 1.00. The summed E-state index contributed by atoms with van der Waals surface area (Å²) in [5.74, 6) is -103. The number of hydrogen-bond acceptors (Lipinski definition) is 2. The summed E-state index contributed by atoms with van der Waals surface area (Å²) in [6, 6.07) is 0. The summed E-state index contributed by atoms with van der Waals surface area (Å²) in [5.41, 5.74) is 0. The van der Waals surface area contributed by atoms with E-state index in [0.29, 0.717) is 0 Å². The Morgan fingerprint density at radius 1 is 0.208 bits per heavy atom. The monoisotopic (exact) mass is 878 g/mol. The maximum atomic E-state index is 13.1. The van der Waals surface area contributed by atoms with Crippen molar-refractivity contribution in [2.45, 2.75) is 102 Å². The van der Waals surface area contributed by atoms with Gasteiger partial charge in [0.05, 0.1) is 0 Å². The Morgan fingerprint density at radius 2 is 0.340 bits per heavy atom. The Balaban J connectivity index is 0. The van der Waals surface area contributed by atoms with E-state index in [2.05, 4.69) is 0 Å². The molecule has 0 unspecified atom stereocenters. The molecule has 0 saturated heterocycles. The third kappa shape index (κ3) is 7.50. The minimum absolute atomic E-state index is 2.07. The first-order valence-corrected chi connectivity index (χ1v) is 11.6. The van der Waals surface area contributed by atoms with Gasteiger partial charge in [0.1, 0.15) is 0 Å². The molecule has 0 aromatic rings. The van der Waals surface area contributed by atoms with Crippen molar-refractivity contribution in [1.82, 2.24) is 0 Å². The third-order valence-electron chi connectivity index (χ3n) is 6.03. The second-order valence-corrected chi connectivity index (χ2v) is 9.67. The van der Waals surface area contributed by atoms with Crippen LogP contribution in [0.5, 0.6) is 0 Å². The van der Waals surface area contributed by atoms with Crippen molar-refractivity contribution in [2.24, 2.45) is 0 Å². The maximum Gasteiger partial charge on any atom is 0.460 e. The van der Waals surface area contributed by atoms with Crippen molar-refractivity contribution in [3.05, 3.63) is 0 Å². The molecule has 34 heteroatoms. The van der Waals surface area contributed by atoms with E-state index in [0.717, 1.165) is 0 Å². The molecule has 0 bridgehead atoms. The molecule has 0 rings (SSSR count). The molecule has 0 amide bonds. The lowest BCUT2D eigenvalue weighted by molar-refractivity contribution is -0.461. The van der Waals surface area contributed by atoms with Gasteiger partial charge in [0.25, 0.3) is 0 Å². The van der Waals surface area contributed by atoms with Crippen LogP contribution in [0.3, 0.4) is 0 Å². The minimum atomic E-state index is -8.62. The molecule has 0 aliphatic carbocycles. The van der Waals surface area contributed by atoms with E-state index >= 15 is 0 Å². The quantitative estimate of drug-likeness (QED) is 0.161. The molecule has 0 aromatic heterocycles. The molecule has 0 aromatic carbocycles. The summed E-state index contributed by atoms with van der Waals surface area (Å²) in [6.07, 6.45) is -20.9. The lowest BCUT2D eigenvalue weighted by Crippen LogP contribution is -2.74. The van der Waals surface area contributed by atoms with Crippen LogP contribution in [0.15, 0.2) is 0 Å². The summed E-state index contributed by atoms with van der Waals surface area (Å²) in [6.45, 7) is -4.23. The van der Waals surface area contributed by atoms with Gasteiger partial charge in [0, 0.05) is 26.1 Å². The highest BCUT2D eigenvalue weighted by molar-refractivity contribution is 5.15. The van der Waals surface area contributed by atoms with Crippen molar-refractivity contribution in [3.63, 3.8) is 0 Å². The van der Waals surface area contributed by atoms with Crippen molar-refractivity contribution in [3.8, 4) is 0 Å². The number of alkyl halides is 32. The van der Waals surface area contributed by atoms with E-state index in [9.17, 15) is 140 Å². The van der Waals surface area contributed by atoms with E-state index in [4.69, 9.17) is 10.2 Å². The molecule has 0 radical (unpaired) electrons. The van der Waals surface area contributed by atoms with Crippen molar-refractivity contribution < 1.29 is 151 Å². The van der Waals surface area contributed by atoms with Gasteiger partial charge in [0.15, 0.2) is 0 Å². The topological polar surface area (TPSA) is 40.5 Å². The van der Waals surface area contributed by atoms with Crippen LogP contribution in [0.2, 0.25) is 0 Å². The van der Waals surface area contributed by atoms with Crippen LogP contribution in [-0.4, -0.2) is 113 Å². The molecule has 0 fully saturated rings. The zero-order chi connectivity index (χ0) is 44.3. The van der Waals surface area contributed by atoms with Crippen molar-refractivity contribution in [1.29, 1.82) is 0 Å². The van der Waals surface area contributed by atoms with E-state index < -0.39 is 115 Å². The van der Waals surface area contributed by atoms with Crippen LogP contribution in [0, 0.1) is 0 Å². The summed E-state index contributed by atoms with van der Waals surface area (Å²) in [5, 5.41) is 15.9. The first-order valence-electron chi connectivity index (χ1n) is 11.6. The summed E-state index contributed by atoms with van der Waals surface area (Å²) >= 11 is 0. The van der Waals surface area contributed by atoms with E-state index in [1.165, 1.54) is 0 Å². The molecular weight excluding hydrogens is 868 g/mol. The fourth-order valence-corrected chi connectivity index (χ4v) is 2.79. The van der Waals surface area contributed by atoms with Gasteiger partial charge in [-0.1, -0.05) is 0 Å². The number of aliphatic hydroxyl groups is 2. The van der Waals surface area contributed by atoms with Gasteiger partial charge < -0.3 is 10.2 Å². The van der Waals surface area contributed by atoms with E-state index in [1.807, 2.05) is 0 Å². The molecule has 0 atom stereocenters. The highest BCUT2D eigenvalue weighted by atomic mass is 19.4. The van der Waals surface area contributed by atoms with Crippen molar-refractivity contribution >= 4 is 0 Å². The fourth-order valence-electron chi connectivity index (χ4n) is 2.79. The predicted molar refractivity (Wildman–Crippen MR) is 99.8 cm³/mol. The van der Waals surface area contributed by atoms with Crippen LogP contribution >= 0.6 is 0 Å². The average molecular weight is 878 g/mol. The number of hydrogen-bond donors (Lipinski definition) is 2. The molecule has 2 nitrogen and oxygen atoms in total. The van der Waals surface area contributed by atoms with Crippen LogP contribution in [0.25, 0.3) is 0 Å². The normalized spacial score (nSPS) is 16.4. The Labute approximate surface area is 267 Å². The van der Waals surface area contributed by atoms with E-state index in [-0.39, 0.29) is 0 Å². The van der Waals surface area contributed by atoms with Gasteiger partial charge in [-0.15, -0.1) is 0 Å². The van der Waals surface area contributed by atoms with E-state index in [1.54, 1.807) is 0 Å². The lowest BCUT2D eigenvalue weighted by atomic mass is 9.88. The largest absolute Gasteiger partial charge is 0.460 e. The van der Waals surface area contributed by atoms with Gasteiger partial charge in [-0.3, -0.25) is 0 Å². The summed E-state index contributed by atoms with van der Waals surface area (Å²) in [7, 11) is 0. The first-order chi connectivity index (χ1) is 22.4. The molecular formula is C19H10F32O2. The molecule has 322 valence electrons. The SMILES string of the molecule is OCCC(F)(F)C(F)(F)C(F)(F)C(F)(F)C(F)(F)C(F)(F)C(F)(F)C(F)(F)F.OCCC(F)(F)C(F)(F)C(F)(F)C(F)(F)C(F)(F)C(F)(F)C(F)(F)F. The smallest absolute Gasteiger partial charge is 0.396 e. The zero-order valence-electron chi connectivity index (χ0n) is 23.3. The van der Waals surface area contributed by atoms with Gasteiger partial charge in [-0.2, -0.15) is 140 Å². The highest BCUT2D eigenvalue weighted by Crippen LogP contribution is 2.65. The summed E-state index contributed by atoms with van der Waals surface area (Å²) < 4.78 is 405. The van der Waals surface area contributed by atoms with Gasteiger partial charge >= 0.3 is 89.3 Å². The third-order valence-corrected chi connectivity index (χ3v) is 6.03. The van der Waals surface area contributed by atoms with Gasteiger partial charge in [0.2, 0.25) is 0 Å². The van der Waals surface area contributed by atoms with Crippen molar-refractivity contribution in [2.75, 3.05) is 13.2 Å². The lowest BCUT2D eigenvalue weighted by Gasteiger charge is -2.42. The highest BCUT2D eigenvalue weighted by Gasteiger charge is 2.96. The Morgan fingerprint density at radius 3 is 0.472 bits per heavy atom. The molecule has 0 aliphatic heterocycles. The Bertz CT molecular complexity index is 1220. The Hall–Kier alpha value is -2.32. The van der Waals surface area contributed by atoms with Crippen LogP contribution in [0.4, 0.5) is 140 Å². The Kier molecular flexibility index (Phi) is 13.9. The number of rotatable bonds is 15. The van der Waals surface area contributed by atoms with Crippen LogP contribution < -0.4 is 0 Å². The molecule has 0 spiro atoms. The molecule has 0 heterocycles. The molecule has 2 N–H and O–H groups in total. The average Bonchev–Trinajstić information content (AvgIpc) is 2.90. The molecule has 0 saturated carbocycles.